The summed E-state index contributed by atoms with van der Waals surface area (Å²) in [5, 5.41) is 8.92. The molecule has 1 atom stereocenters. The Morgan fingerprint density at radius 1 is 1.21 bits per heavy atom. The number of nitriles is 1. The van der Waals surface area contributed by atoms with Gasteiger partial charge in [-0.05, 0) is 47.3 Å². The summed E-state index contributed by atoms with van der Waals surface area (Å²) < 4.78 is 56.4. The molecule has 0 aliphatic carbocycles. The van der Waals surface area contributed by atoms with E-state index in [1.165, 1.54) is 29.1 Å². The zero-order valence-electron chi connectivity index (χ0n) is 14.4. The maximum Gasteiger partial charge on any atom is 0.204 e. The average molecular weight is 452 g/mol. The largest absolute Gasteiger partial charge is 0.450 e. The quantitative estimate of drug-likeness (QED) is 0.487. The molecule has 0 radical (unpaired) electrons. The first kappa shape index (κ1) is 18.8. The summed E-state index contributed by atoms with van der Waals surface area (Å²) in [4.78, 5) is 4.16. The minimum Gasteiger partial charge on any atom is -0.450 e. The minimum absolute atomic E-state index is 0.0396. The van der Waals surface area contributed by atoms with Crippen molar-refractivity contribution in [3.8, 4) is 17.6 Å². The lowest BCUT2D eigenvalue weighted by Gasteiger charge is -2.24. The normalized spacial score (nSPS) is 16.9. The van der Waals surface area contributed by atoms with Crippen LogP contribution in [0.3, 0.4) is 0 Å². The number of fused-ring (bicyclic) bond motifs is 1. The van der Waals surface area contributed by atoms with E-state index in [-0.39, 0.29) is 21.1 Å². The first-order chi connectivity index (χ1) is 13.5. The van der Waals surface area contributed by atoms with Crippen LogP contribution >= 0.6 is 15.9 Å². The van der Waals surface area contributed by atoms with E-state index in [9.17, 15) is 13.2 Å². The lowest BCUT2D eigenvalue weighted by Crippen LogP contribution is -2.18. The van der Waals surface area contributed by atoms with Crippen molar-refractivity contribution < 1.29 is 22.6 Å². The van der Waals surface area contributed by atoms with Crippen LogP contribution in [0, 0.1) is 28.8 Å². The van der Waals surface area contributed by atoms with Crippen molar-refractivity contribution in [2.24, 2.45) is 0 Å². The first-order valence-electron chi connectivity index (χ1n) is 8.54. The van der Waals surface area contributed by atoms with Crippen molar-refractivity contribution in [3.05, 3.63) is 52.0 Å². The number of ether oxygens (including phenoxy) is 2. The van der Waals surface area contributed by atoms with E-state index in [0.29, 0.717) is 13.0 Å². The molecule has 0 amide bonds. The second-order valence-electron chi connectivity index (χ2n) is 6.27. The number of hydrogen-bond donors (Lipinski definition) is 0. The average Bonchev–Trinajstić information content (AvgIpc) is 3.17. The van der Waals surface area contributed by atoms with E-state index in [4.69, 9.17) is 14.7 Å². The van der Waals surface area contributed by atoms with E-state index in [0.717, 1.165) is 12.8 Å². The Morgan fingerprint density at radius 3 is 2.75 bits per heavy atom. The highest BCUT2D eigenvalue weighted by Gasteiger charge is 2.28. The summed E-state index contributed by atoms with van der Waals surface area (Å²) in [6, 6.07) is 5.52. The van der Waals surface area contributed by atoms with Gasteiger partial charge in [0, 0.05) is 6.61 Å². The summed E-state index contributed by atoms with van der Waals surface area (Å²) in [6.07, 6.45) is 3.43. The molecule has 0 N–H and O–H groups in total. The lowest BCUT2D eigenvalue weighted by atomic mass is 10.2. The molecule has 5 nitrogen and oxygen atoms in total. The maximum absolute atomic E-state index is 14.9. The van der Waals surface area contributed by atoms with Gasteiger partial charge in [0.05, 0.1) is 16.4 Å². The topological polar surface area (TPSA) is 60.1 Å². The summed E-state index contributed by atoms with van der Waals surface area (Å²) in [5.74, 6) is -4.37. The molecule has 1 saturated heterocycles. The van der Waals surface area contributed by atoms with Gasteiger partial charge in [0.25, 0.3) is 0 Å². The predicted molar refractivity (Wildman–Crippen MR) is 97.4 cm³/mol. The highest BCUT2D eigenvalue weighted by Crippen LogP contribution is 2.41. The van der Waals surface area contributed by atoms with Crippen LogP contribution in [0.4, 0.5) is 13.2 Å². The summed E-state index contributed by atoms with van der Waals surface area (Å²) >= 11 is 3.19. The maximum atomic E-state index is 14.9. The highest BCUT2D eigenvalue weighted by molar-refractivity contribution is 9.10. The Kier molecular flexibility index (Phi) is 5.00. The fraction of sp³-hybridized carbons (Fsp3) is 0.263. The number of hydrogen-bond acceptors (Lipinski definition) is 4. The minimum atomic E-state index is -1.29. The second-order valence-corrected chi connectivity index (χ2v) is 7.07. The molecule has 4 rings (SSSR count). The van der Waals surface area contributed by atoms with Crippen LogP contribution < -0.4 is 4.74 Å². The van der Waals surface area contributed by atoms with Gasteiger partial charge in [-0.3, -0.25) is 0 Å². The third kappa shape index (κ3) is 3.02. The predicted octanol–water partition coefficient (Wildman–Crippen LogP) is 5.58. The van der Waals surface area contributed by atoms with Crippen LogP contribution in [0.1, 0.15) is 31.1 Å². The van der Waals surface area contributed by atoms with E-state index < -0.39 is 35.2 Å². The zero-order valence-corrected chi connectivity index (χ0v) is 16.0. The molecule has 1 unspecified atom stereocenters. The van der Waals surface area contributed by atoms with Crippen LogP contribution in [-0.2, 0) is 4.74 Å². The fourth-order valence-electron chi connectivity index (χ4n) is 3.18. The Hall–Kier alpha value is -2.57. The number of imidazole rings is 1. The van der Waals surface area contributed by atoms with Crippen LogP contribution in [0.25, 0.3) is 11.0 Å². The van der Waals surface area contributed by atoms with Crippen LogP contribution in [0.15, 0.2) is 29.0 Å². The van der Waals surface area contributed by atoms with Gasteiger partial charge in [-0.1, -0.05) is 6.07 Å². The third-order valence-corrected chi connectivity index (χ3v) is 5.30. The standard InChI is InChI=1S/C19H13BrF3N3O2/c20-13-17-18(26(9-25-17)12-6-1-2-7-27-12)15(22)16(23)19(13)28-11-5-3-4-10(8-24)14(11)21/h3-5,9,12H,1-2,6-7H2. The molecular formula is C19H13BrF3N3O2. The molecule has 1 aromatic heterocycles. The van der Waals surface area contributed by atoms with Crippen molar-refractivity contribution in [1.29, 1.82) is 5.26 Å². The van der Waals surface area contributed by atoms with Gasteiger partial charge < -0.3 is 14.0 Å². The molecule has 1 aliphatic heterocycles. The van der Waals surface area contributed by atoms with Crippen LogP contribution in [-0.4, -0.2) is 16.2 Å². The van der Waals surface area contributed by atoms with E-state index in [2.05, 4.69) is 20.9 Å². The van der Waals surface area contributed by atoms with Crippen molar-refractivity contribution >= 4 is 27.0 Å². The van der Waals surface area contributed by atoms with Crippen LogP contribution in [0.2, 0.25) is 0 Å². The molecule has 144 valence electrons. The van der Waals surface area contributed by atoms with E-state index in [1.54, 1.807) is 6.07 Å². The summed E-state index contributed by atoms with van der Waals surface area (Å²) in [7, 11) is 0. The molecular weight excluding hydrogens is 439 g/mol. The molecule has 9 heteroatoms. The Bertz CT molecular complexity index is 1100. The van der Waals surface area contributed by atoms with Crippen molar-refractivity contribution in [2.75, 3.05) is 6.61 Å². The number of halogens is 4. The van der Waals surface area contributed by atoms with Gasteiger partial charge in [0.2, 0.25) is 5.82 Å². The first-order valence-corrected chi connectivity index (χ1v) is 9.33. The molecule has 0 bridgehead atoms. The number of benzene rings is 2. The third-order valence-electron chi connectivity index (χ3n) is 4.56. The Labute approximate surface area is 166 Å². The molecule has 1 aliphatic rings. The monoisotopic (exact) mass is 451 g/mol. The van der Waals surface area contributed by atoms with Gasteiger partial charge in [0.1, 0.15) is 23.3 Å². The Balaban J connectivity index is 1.82. The molecule has 2 heterocycles. The zero-order chi connectivity index (χ0) is 19.8. The molecule has 0 spiro atoms. The molecule has 1 fully saturated rings. The Morgan fingerprint density at radius 2 is 2.04 bits per heavy atom. The molecule has 28 heavy (non-hydrogen) atoms. The number of rotatable bonds is 3. The van der Waals surface area contributed by atoms with E-state index in [1.807, 2.05) is 0 Å². The van der Waals surface area contributed by atoms with Crippen molar-refractivity contribution in [2.45, 2.75) is 25.5 Å². The van der Waals surface area contributed by atoms with Gasteiger partial charge in [-0.2, -0.15) is 9.65 Å². The SMILES string of the molecule is N#Cc1cccc(Oc2c(F)c(F)c3c(ncn3C3CCCCO3)c2Br)c1F. The van der Waals surface area contributed by atoms with Gasteiger partial charge in [0.15, 0.2) is 23.1 Å². The van der Waals surface area contributed by atoms with Gasteiger partial charge in [-0.15, -0.1) is 0 Å². The van der Waals surface area contributed by atoms with Gasteiger partial charge in [-0.25, -0.2) is 13.8 Å². The summed E-state index contributed by atoms with van der Waals surface area (Å²) in [5.41, 5.74) is -0.205. The van der Waals surface area contributed by atoms with Crippen LogP contribution in [0.5, 0.6) is 11.5 Å². The van der Waals surface area contributed by atoms with Crippen molar-refractivity contribution in [3.63, 3.8) is 0 Å². The van der Waals surface area contributed by atoms with Gasteiger partial charge >= 0.3 is 0 Å². The molecule has 0 saturated carbocycles. The fourth-order valence-corrected chi connectivity index (χ4v) is 3.73. The molecule has 2 aromatic carbocycles. The number of nitrogens with zero attached hydrogens (tertiary/aromatic N) is 3. The molecule has 3 aromatic rings. The smallest absolute Gasteiger partial charge is 0.204 e. The summed E-state index contributed by atoms with van der Waals surface area (Å²) in [6.45, 7) is 0.533. The second kappa shape index (κ2) is 7.45. The van der Waals surface area contributed by atoms with Crippen molar-refractivity contribution in [1.82, 2.24) is 9.55 Å². The lowest BCUT2D eigenvalue weighted by molar-refractivity contribution is -0.0297. The number of aromatic nitrogens is 2. The van der Waals surface area contributed by atoms with E-state index >= 15 is 0 Å². The highest BCUT2D eigenvalue weighted by atomic mass is 79.9.